The number of rotatable bonds is 0. The van der Waals surface area contributed by atoms with Crippen LogP contribution in [0.4, 0.5) is 0 Å². The zero-order valence-electron chi connectivity index (χ0n) is 10.1. The van der Waals surface area contributed by atoms with Gasteiger partial charge in [-0.25, -0.2) is 0 Å². The molecular formula is C14H22O. The molecule has 2 fully saturated rings. The van der Waals surface area contributed by atoms with Crippen molar-refractivity contribution < 1.29 is 5.11 Å². The van der Waals surface area contributed by atoms with Crippen LogP contribution in [0.1, 0.15) is 52.9 Å². The molecule has 2 saturated carbocycles. The molecule has 0 bridgehead atoms. The first kappa shape index (κ1) is 9.89. The lowest BCUT2D eigenvalue weighted by molar-refractivity contribution is 0.0160. The summed E-state index contributed by atoms with van der Waals surface area (Å²) in [7, 11) is 0. The van der Waals surface area contributed by atoms with Gasteiger partial charge in [0.2, 0.25) is 0 Å². The van der Waals surface area contributed by atoms with E-state index in [0.717, 1.165) is 6.42 Å². The van der Waals surface area contributed by atoms with Crippen LogP contribution in [0.3, 0.4) is 0 Å². The van der Waals surface area contributed by atoms with Crippen molar-refractivity contribution in [3.8, 4) is 0 Å². The Morgan fingerprint density at radius 1 is 1.33 bits per heavy atom. The van der Waals surface area contributed by atoms with E-state index in [1.165, 1.54) is 31.3 Å². The van der Waals surface area contributed by atoms with E-state index in [1.54, 1.807) is 0 Å². The van der Waals surface area contributed by atoms with Crippen LogP contribution in [-0.2, 0) is 0 Å². The second kappa shape index (κ2) is 2.51. The molecule has 3 aliphatic rings. The molecule has 0 amide bonds. The first-order valence-electron chi connectivity index (χ1n) is 6.32. The average molecular weight is 206 g/mol. The van der Waals surface area contributed by atoms with Crippen molar-refractivity contribution in [2.45, 2.75) is 59.0 Å². The van der Waals surface area contributed by atoms with Gasteiger partial charge in [-0.1, -0.05) is 31.9 Å². The Kier molecular flexibility index (Phi) is 1.65. The first-order chi connectivity index (χ1) is 6.96. The van der Waals surface area contributed by atoms with Crippen LogP contribution in [0, 0.1) is 16.2 Å². The van der Waals surface area contributed by atoms with Crippen molar-refractivity contribution in [1.82, 2.24) is 0 Å². The van der Waals surface area contributed by atoms with Crippen molar-refractivity contribution in [3.05, 3.63) is 11.6 Å². The number of allylic oxidation sites excluding steroid dienone is 1. The molecule has 0 aliphatic heterocycles. The monoisotopic (exact) mass is 206 g/mol. The summed E-state index contributed by atoms with van der Waals surface area (Å²) in [5.41, 5.74) is 2.36. The summed E-state index contributed by atoms with van der Waals surface area (Å²) in [6, 6.07) is 0. The maximum absolute atomic E-state index is 10.5. The molecule has 0 spiro atoms. The highest BCUT2D eigenvalue weighted by Gasteiger charge is 2.71. The van der Waals surface area contributed by atoms with Crippen LogP contribution in [0.5, 0.6) is 0 Å². The summed E-state index contributed by atoms with van der Waals surface area (Å²) in [6.07, 6.45) is 8.38. The number of aliphatic hydroxyl groups is 1. The third-order valence-corrected chi connectivity index (χ3v) is 6.06. The molecule has 0 unspecified atom stereocenters. The van der Waals surface area contributed by atoms with Crippen molar-refractivity contribution in [2.75, 3.05) is 0 Å². The fourth-order valence-corrected chi connectivity index (χ4v) is 5.32. The Balaban J connectivity index is 2.21. The molecule has 1 nitrogen and oxygen atoms in total. The standard InChI is InChI=1S/C14H22O/c1-10-5-8-13-6-4-7-14(10,13)11(15)9-12(13,2)3/h5,11,15H,4,6-9H2,1-3H3/t11-,13+,14+/m0/s1. The third-order valence-electron chi connectivity index (χ3n) is 6.06. The van der Waals surface area contributed by atoms with E-state index in [9.17, 15) is 5.11 Å². The van der Waals surface area contributed by atoms with Crippen molar-refractivity contribution >= 4 is 0 Å². The van der Waals surface area contributed by atoms with Crippen molar-refractivity contribution in [2.24, 2.45) is 16.2 Å². The fourth-order valence-electron chi connectivity index (χ4n) is 5.32. The zero-order chi connectivity index (χ0) is 10.9. The number of hydrogen-bond donors (Lipinski definition) is 1. The molecule has 1 N–H and O–H groups in total. The molecule has 15 heavy (non-hydrogen) atoms. The van der Waals surface area contributed by atoms with Gasteiger partial charge >= 0.3 is 0 Å². The normalized spacial score (nSPS) is 51.5. The van der Waals surface area contributed by atoms with Crippen LogP contribution in [0.25, 0.3) is 0 Å². The van der Waals surface area contributed by atoms with Gasteiger partial charge in [-0.3, -0.25) is 0 Å². The highest BCUT2D eigenvalue weighted by molar-refractivity contribution is 5.36. The summed E-state index contributed by atoms with van der Waals surface area (Å²) in [6.45, 7) is 6.99. The average Bonchev–Trinajstić information content (AvgIpc) is 2.68. The van der Waals surface area contributed by atoms with E-state index >= 15 is 0 Å². The molecule has 3 aliphatic carbocycles. The maximum Gasteiger partial charge on any atom is 0.0644 e. The second-order valence-corrected chi connectivity index (χ2v) is 6.60. The van der Waals surface area contributed by atoms with Gasteiger partial charge in [-0.15, -0.1) is 0 Å². The van der Waals surface area contributed by atoms with Crippen LogP contribution >= 0.6 is 0 Å². The number of aliphatic hydroxyl groups excluding tert-OH is 1. The smallest absolute Gasteiger partial charge is 0.0644 e. The predicted octanol–water partition coefficient (Wildman–Crippen LogP) is 3.28. The summed E-state index contributed by atoms with van der Waals surface area (Å²) in [4.78, 5) is 0. The lowest BCUT2D eigenvalue weighted by Crippen LogP contribution is -2.41. The molecule has 0 aromatic heterocycles. The third kappa shape index (κ3) is 0.791. The molecule has 84 valence electrons. The summed E-state index contributed by atoms with van der Waals surface area (Å²) in [5, 5.41) is 10.5. The minimum Gasteiger partial charge on any atom is -0.392 e. The summed E-state index contributed by atoms with van der Waals surface area (Å²) < 4.78 is 0. The van der Waals surface area contributed by atoms with Crippen LogP contribution in [0.15, 0.2) is 11.6 Å². The topological polar surface area (TPSA) is 20.2 Å². The van der Waals surface area contributed by atoms with Gasteiger partial charge in [-0.05, 0) is 43.4 Å². The largest absolute Gasteiger partial charge is 0.392 e. The van der Waals surface area contributed by atoms with Crippen LogP contribution in [-0.4, -0.2) is 11.2 Å². The number of hydrogen-bond acceptors (Lipinski definition) is 1. The summed E-state index contributed by atoms with van der Waals surface area (Å²) >= 11 is 0. The predicted molar refractivity (Wildman–Crippen MR) is 61.5 cm³/mol. The van der Waals surface area contributed by atoms with Crippen molar-refractivity contribution in [1.29, 1.82) is 0 Å². The molecule has 0 aromatic carbocycles. The summed E-state index contributed by atoms with van der Waals surface area (Å²) in [5.74, 6) is 0. The van der Waals surface area contributed by atoms with Crippen molar-refractivity contribution in [3.63, 3.8) is 0 Å². The minimum absolute atomic E-state index is 0.0891. The van der Waals surface area contributed by atoms with Gasteiger partial charge in [0.1, 0.15) is 0 Å². The second-order valence-electron chi connectivity index (χ2n) is 6.60. The van der Waals surface area contributed by atoms with Gasteiger partial charge < -0.3 is 5.11 Å². The van der Waals surface area contributed by atoms with E-state index in [0.29, 0.717) is 10.8 Å². The first-order valence-corrected chi connectivity index (χ1v) is 6.32. The van der Waals surface area contributed by atoms with Gasteiger partial charge in [0.05, 0.1) is 6.10 Å². The van der Waals surface area contributed by atoms with Crippen LogP contribution in [0.2, 0.25) is 0 Å². The van der Waals surface area contributed by atoms with Gasteiger partial charge in [0.25, 0.3) is 0 Å². The SMILES string of the molecule is CC1=CC[C@@]23CCC[C@]12[C@@H](O)CC3(C)C. The molecule has 0 saturated heterocycles. The minimum atomic E-state index is -0.0891. The lowest BCUT2D eigenvalue weighted by atomic mass is 9.59. The van der Waals surface area contributed by atoms with Gasteiger partial charge in [0.15, 0.2) is 0 Å². The molecule has 1 heteroatoms. The fraction of sp³-hybridized carbons (Fsp3) is 0.857. The lowest BCUT2D eigenvalue weighted by Gasteiger charge is -2.45. The highest BCUT2D eigenvalue weighted by atomic mass is 16.3. The Morgan fingerprint density at radius 3 is 2.73 bits per heavy atom. The zero-order valence-corrected chi connectivity index (χ0v) is 10.1. The van der Waals surface area contributed by atoms with Gasteiger partial charge in [0, 0.05) is 5.41 Å². The molecular weight excluding hydrogens is 184 g/mol. The molecule has 3 rings (SSSR count). The Bertz CT molecular complexity index is 341. The Hall–Kier alpha value is -0.300. The molecule has 0 heterocycles. The molecule has 0 aromatic rings. The Labute approximate surface area is 92.6 Å². The Morgan fingerprint density at radius 2 is 2.07 bits per heavy atom. The van der Waals surface area contributed by atoms with Crippen LogP contribution < -0.4 is 0 Å². The molecule has 3 atom stereocenters. The van der Waals surface area contributed by atoms with E-state index in [1.807, 2.05) is 0 Å². The molecule has 0 radical (unpaired) electrons. The van der Waals surface area contributed by atoms with E-state index < -0.39 is 0 Å². The maximum atomic E-state index is 10.5. The quantitative estimate of drug-likeness (QED) is 0.603. The highest BCUT2D eigenvalue weighted by Crippen LogP contribution is 2.76. The van der Waals surface area contributed by atoms with E-state index in [4.69, 9.17) is 0 Å². The van der Waals surface area contributed by atoms with E-state index in [-0.39, 0.29) is 11.5 Å². The van der Waals surface area contributed by atoms with E-state index in [2.05, 4.69) is 26.8 Å². The van der Waals surface area contributed by atoms with Gasteiger partial charge in [-0.2, -0.15) is 0 Å².